The van der Waals surface area contributed by atoms with Crippen LogP contribution < -0.4 is 5.32 Å². The first kappa shape index (κ1) is 17.0. The highest BCUT2D eigenvalue weighted by Crippen LogP contribution is 2.23. The Labute approximate surface area is 127 Å². The number of benzene rings is 1. The quantitative estimate of drug-likeness (QED) is 0.734. The summed E-state index contributed by atoms with van der Waals surface area (Å²) in [6.45, 7) is 5.94. The van der Waals surface area contributed by atoms with Crippen molar-refractivity contribution in [3.8, 4) is 0 Å². The first-order valence-corrected chi connectivity index (χ1v) is 7.72. The topological polar surface area (TPSA) is 32.3 Å². The highest BCUT2D eigenvalue weighted by Gasteiger charge is 2.11. The molecule has 1 unspecified atom stereocenters. The van der Waals surface area contributed by atoms with E-state index in [4.69, 9.17) is 11.6 Å². The molecule has 0 aliphatic rings. The molecule has 0 heterocycles. The second-order valence-corrected chi connectivity index (χ2v) is 5.63. The lowest BCUT2D eigenvalue weighted by molar-refractivity contribution is -0.115. The number of anilines is 1. The van der Waals surface area contributed by atoms with E-state index >= 15 is 0 Å². The minimum Gasteiger partial charge on any atom is -0.326 e. The molecule has 1 rings (SSSR count). The minimum absolute atomic E-state index is 0.0206. The number of carbonyl (C=O) groups is 1. The van der Waals surface area contributed by atoms with Crippen LogP contribution in [0.15, 0.2) is 24.3 Å². The van der Waals surface area contributed by atoms with E-state index in [-0.39, 0.29) is 11.3 Å². The Balaban J connectivity index is 2.52. The molecule has 1 N–H and O–H groups in total. The van der Waals surface area contributed by atoms with Gasteiger partial charge in [-0.25, -0.2) is 0 Å². The lowest BCUT2D eigenvalue weighted by Gasteiger charge is -2.20. The molecule has 0 fully saturated rings. The third-order valence-corrected chi connectivity index (χ3v) is 3.63. The fraction of sp³-hybridized carbons (Fsp3) is 0.562. The molecular weight excluding hydrogens is 272 g/mol. The zero-order chi connectivity index (χ0) is 15.0. The van der Waals surface area contributed by atoms with Gasteiger partial charge in [-0.1, -0.05) is 32.4 Å². The molecule has 0 aliphatic heterocycles. The molecule has 0 bridgehead atoms. The van der Waals surface area contributed by atoms with Gasteiger partial charge in [-0.2, -0.15) is 0 Å². The summed E-state index contributed by atoms with van der Waals surface area (Å²) in [4.78, 5) is 13.6. The van der Waals surface area contributed by atoms with Crippen LogP contribution in [0, 0.1) is 0 Å². The third-order valence-electron chi connectivity index (χ3n) is 3.24. The third kappa shape index (κ3) is 5.93. The summed E-state index contributed by atoms with van der Waals surface area (Å²) >= 11 is 6.44. The van der Waals surface area contributed by atoms with Crippen molar-refractivity contribution in [3.63, 3.8) is 0 Å². The van der Waals surface area contributed by atoms with E-state index in [9.17, 15) is 4.79 Å². The maximum Gasteiger partial charge on any atom is 0.224 e. The summed E-state index contributed by atoms with van der Waals surface area (Å²) in [5.74, 6) is 0.0273. The molecule has 0 spiro atoms. The molecule has 112 valence electrons. The second kappa shape index (κ2) is 8.98. The van der Waals surface area contributed by atoms with E-state index in [1.807, 2.05) is 31.2 Å². The molecule has 1 aromatic carbocycles. The standard InChI is InChI=1S/C16H25ClN2O/c1-4-6-11-19(3)12-15(17)13-7-9-14(10-8-13)18-16(20)5-2/h7-10,15H,4-6,11-12H2,1-3H3,(H,18,20). The van der Waals surface area contributed by atoms with Crippen molar-refractivity contribution in [1.29, 1.82) is 0 Å². The number of rotatable bonds is 8. The van der Waals surface area contributed by atoms with Crippen LogP contribution in [-0.4, -0.2) is 30.9 Å². The Morgan fingerprint density at radius 2 is 1.95 bits per heavy atom. The first-order chi connectivity index (χ1) is 9.56. The summed E-state index contributed by atoms with van der Waals surface area (Å²) in [6.07, 6.45) is 2.88. The van der Waals surface area contributed by atoms with Crippen LogP contribution in [0.2, 0.25) is 0 Å². The summed E-state index contributed by atoms with van der Waals surface area (Å²) in [5.41, 5.74) is 1.91. The van der Waals surface area contributed by atoms with Crippen LogP contribution in [0.3, 0.4) is 0 Å². The number of alkyl halides is 1. The van der Waals surface area contributed by atoms with Gasteiger partial charge in [0.05, 0.1) is 5.38 Å². The van der Waals surface area contributed by atoms with Gasteiger partial charge in [0.1, 0.15) is 0 Å². The fourth-order valence-electron chi connectivity index (χ4n) is 1.92. The van der Waals surface area contributed by atoms with Gasteiger partial charge in [0.25, 0.3) is 0 Å². The van der Waals surface area contributed by atoms with E-state index in [0.717, 1.165) is 24.3 Å². The molecule has 1 aromatic rings. The van der Waals surface area contributed by atoms with E-state index in [0.29, 0.717) is 6.42 Å². The predicted octanol–water partition coefficient (Wildman–Crippen LogP) is 4.05. The van der Waals surface area contributed by atoms with Gasteiger partial charge >= 0.3 is 0 Å². The van der Waals surface area contributed by atoms with Gasteiger partial charge in [0, 0.05) is 18.7 Å². The lowest BCUT2D eigenvalue weighted by atomic mass is 10.1. The summed E-state index contributed by atoms with van der Waals surface area (Å²) in [6, 6.07) is 7.78. The Morgan fingerprint density at radius 1 is 1.30 bits per heavy atom. The smallest absolute Gasteiger partial charge is 0.224 e. The fourth-order valence-corrected chi connectivity index (χ4v) is 2.30. The molecule has 0 saturated carbocycles. The van der Waals surface area contributed by atoms with Crippen LogP contribution in [0.1, 0.15) is 44.1 Å². The zero-order valence-corrected chi connectivity index (χ0v) is 13.4. The summed E-state index contributed by atoms with van der Waals surface area (Å²) < 4.78 is 0. The molecule has 0 radical (unpaired) electrons. The number of amides is 1. The van der Waals surface area contributed by atoms with Crippen LogP contribution in [0.5, 0.6) is 0 Å². The molecule has 4 heteroatoms. The van der Waals surface area contributed by atoms with Crippen molar-refractivity contribution in [2.24, 2.45) is 0 Å². The average Bonchev–Trinajstić information content (AvgIpc) is 2.45. The van der Waals surface area contributed by atoms with Gasteiger partial charge in [-0.05, 0) is 37.7 Å². The monoisotopic (exact) mass is 296 g/mol. The maximum absolute atomic E-state index is 11.3. The predicted molar refractivity (Wildman–Crippen MR) is 86.4 cm³/mol. The summed E-state index contributed by atoms with van der Waals surface area (Å²) in [5, 5.41) is 2.81. The second-order valence-electron chi connectivity index (χ2n) is 5.11. The number of halogens is 1. The summed E-state index contributed by atoms with van der Waals surface area (Å²) in [7, 11) is 2.10. The molecule has 1 amide bonds. The minimum atomic E-state index is -0.0206. The molecule has 20 heavy (non-hydrogen) atoms. The van der Waals surface area contributed by atoms with Gasteiger partial charge < -0.3 is 10.2 Å². The van der Waals surface area contributed by atoms with Crippen molar-refractivity contribution in [3.05, 3.63) is 29.8 Å². The highest BCUT2D eigenvalue weighted by molar-refractivity contribution is 6.21. The van der Waals surface area contributed by atoms with Crippen molar-refractivity contribution in [1.82, 2.24) is 4.90 Å². The van der Waals surface area contributed by atoms with Crippen LogP contribution >= 0.6 is 11.6 Å². The Hall–Kier alpha value is -1.06. The Morgan fingerprint density at radius 3 is 2.50 bits per heavy atom. The number of hydrogen-bond acceptors (Lipinski definition) is 2. The van der Waals surface area contributed by atoms with Gasteiger partial charge in [0.2, 0.25) is 5.91 Å². The van der Waals surface area contributed by atoms with E-state index in [1.54, 1.807) is 0 Å². The highest BCUT2D eigenvalue weighted by atomic mass is 35.5. The normalized spacial score (nSPS) is 12.4. The first-order valence-electron chi connectivity index (χ1n) is 7.29. The molecule has 0 saturated heterocycles. The van der Waals surface area contributed by atoms with E-state index in [1.165, 1.54) is 12.8 Å². The van der Waals surface area contributed by atoms with Gasteiger partial charge in [-0.15, -0.1) is 11.6 Å². The van der Waals surface area contributed by atoms with Crippen molar-refractivity contribution < 1.29 is 4.79 Å². The molecule has 0 aromatic heterocycles. The number of likely N-dealkylation sites (N-methyl/N-ethyl adjacent to an activating group) is 1. The van der Waals surface area contributed by atoms with Crippen molar-refractivity contribution in [2.75, 3.05) is 25.5 Å². The number of hydrogen-bond donors (Lipinski definition) is 1. The largest absolute Gasteiger partial charge is 0.326 e. The Kier molecular flexibility index (Phi) is 7.63. The van der Waals surface area contributed by atoms with Crippen molar-refractivity contribution >= 4 is 23.2 Å². The van der Waals surface area contributed by atoms with Crippen molar-refractivity contribution in [2.45, 2.75) is 38.5 Å². The average molecular weight is 297 g/mol. The van der Waals surface area contributed by atoms with Crippen LogP contribution in [-0.2, 0) is 4.79 Å². The zero-order valence-electron chi connectivity index (χ0n) is 12.7. The number of nitrogens with zero attached hydrogens (tertiary/aromatic N) is 1. The molecule has 3 nitrogen and oxygen atoms in total. The van der Waals surface area contributed by atoms with Gasteiger partial charge in [0.15, 0.2) is 0 Å². The SMILES string of the molecule is CCCCN(C)CC(Cl)c1ccc(NC(=O)CC)cc1. The Bertz CT molecular complexity index is 405. The maximum atomic E-state index is 11.3. The van der Waals surface area contributed by atoms with Crippen LogP contribution in [0.4, 0.5) is 5.69 Å². The molecule has 1 atom stereocenters. The van der Waals surface area contributed by atoms with Crippen LogP contribution in [0.25, 0.3) is 0 Å². The number of nitrogens with one attached hydrogen (secondary N) is 1. The number of carbonyl (C=O) groups excluding carboxylic acids is 1. The molecular formula is C16H25ClN2O. The van der Waals surface area contributed by atoms with E-state index < -0.39 is 0 Å². The number of unbranched alkanes of at least 4 members (excludes halogenated alkanes) is 1. The molecule has 0 aliphatic carbocycles. The lowest BCUT2D eigenvalue weighted by Crippen LogP contribution is -2.23. The van der Waals surface area contributed by atoms with E-state index in [2.05, 4.69) is 24.2 Å². The van der Waals surface area contributed by atoms with Gasteiger partial charge in [-0.3, -0.25) is 4.79 Å².